The largest absolute Gasteiger partial charge is 0.398 e. The van der Waals surface area contributed by atoms with E-state index in [4.69, 9.17) is 11.5 Å². The number of aryl methyl sites for hydroxylation is 2. The smallest absolute Gasteiger partial charge is 0.0988 e. The lowest BCUT2D eigenvalue weighted by Gasteiger charge is -2.09. The van der Waals surface area contributed by atoms with Crippen LogP contribution in [0.5, 0.6) is 0 Å². The Morgan fingerprint density at radius 3 is 2.70 bits per heavy atom. The summed E-state index contributed by atoms with van der Waals surface area (Å²) in [5, 5.41) is 8.42. The first-order valence-electron chi connectivity index (χ1n) is 6.48. The highest BCUT2D eigenvalue weighted by Crippen LogP contribution is 2.24. The van der Waals surface area contributed by atoms with Gasteiger partial charge in [-0.15, -0.1) is 0 Å². The minimum atomic E-state index is 0.619. The van der Waals surface area contributed by atoms with Crippen molar-refractivity contribution in [3.63, 3.8) is 0 Å². The van der Waals surface area contributed by atoms with Crippen LogP contribution in [0.15, 0.2) is 35.8 Å². The van der Waals surface area contributed by atoms with E-state index in [9.17, 15) is 0 Å². The molecule has 1 aromatic carbocycles. The number of allylic oxidation sites excluding steroid dienone is 2. The van der Waals surface area contributed by atoms with Crippen molar-refractivity contribution < 1.29 is 0 Å². The van der Waals surface area contributed by atoms with Crippen LogP contribution in [0.3, 0.4) is 0 Å². The lowest BCUT2D eigenvalue weighted by atomic mass is 10.0. The second kappa shape index (κ2) is 5.28. The average molecular weight is 271 g/mol. The van der Waals surface area contributed by atoms with Gasteiger partial charge < -0.3 is 16.8 Å². The third-order valence-electron chi connectivity index (χ3n) is 3.45. The van der Waals surface area contributed by atoms with Crippen LogP contribution >= 0.6 is 0 Å². The van der Waals surface area contributed by atoms with Crippen molar-refractivity contribution in [1.82, 2.24) is 15.1 Å². The zero-order valence-corrected chi connectivity index (χ0v) is 12.4. The van der Waals surface area contributed by atoms with Crippen LogP contribution < -0.4 is 16.8 Å². The number of rotatable bonds is 3. The van der Waals surface area contributed by atoms with Gasteiger partial charge in [-0.3, -0.25) is 4.68 Å². The number of fused-ring (bicyclic) bond motifs is 1. The summed E-state index contributed by atoms with van der Waals surface area (Å²) < 4.78 is 1.81. The number of nitrogens with two attached hydrogens (primary N) is 2. The quantitative estimate of drug-likeness (QED) is 0.740. The van der Waals surface area contributed by atoms with E-state index in [1.807, 2.05) is 43.1 Å². The van der Waals surface area contributed by atoms with Crippen molar-refractivity contribution in [3.8, 4) is 0 Å². The fourth-order valence-electron chi connectivity index (χ4n) is 2.25. The van der Waals surface area contributed by atoms with Crippen LogP contribution in [0.1, 0.15) is 18.1 Å². The van der Waals surface area contributed by atoms with E-state index in [2.05, 4.69) is 17.3 Å². The van der Waals surface area contributed by atoms with Gasteiger partial charge in [0.25, 0.3) is 0 Å². The van der Waals surface area contributed by atoms with E-state index in [0.717, 1.165) is 27.6 Å². The van der Waals surface area contributed by atoms with E-state index in [0.29, 0.717) is 11.5 Å². The minimum absolute atomic E-state index is 0.619. The lowest BCUT2D eigenvalue weighted by molar-refractivity contribution is 0.779. The molecular weight excluding hydrogens is 250 g/mol. The molecule has 0 bridgehead atoms. The molecule has 0 saturated carbocycles. The molecule has 20 heavy (non-hydrogen) atoms. The third kappa shape index (κ3) is 2.47. The molecule has 5 N–H and O–H groups in total. The summed E-state index contributed by atoms with van der Waals surface area (Å²) >= 11 is 0. The molecule has 0 atom stereocenters. The second-order valence-electron chi connectivity index (χ2n) is 4.92. The standard InChI is InChI=1S/C15H21N5/c1-9(15(17)18-3)7-13(16)11-5-6-14-12(10(11)2)8-20(4)19-14/h5-8,18H,16-17H2,1-4H3/b13-7-,15-9+. The summed E-state index contributed by atoms with van der Waals surface area (Å²) in [5.41, 5.74) is 16.8. The zero-order valence-electron chi connectivity index (χ0n) is 12.4. The molecule has 0 aliphatic carbocycles. The van der Waals surface area contributed by atoms with E-state index in [1.54, 1.807) is 7.05 Å². The Balaban J connectivity index is 2.53. The van der Waals surface area contributed by atoms with Crippen molar-refractivity contribution in [1.29, 1.82) is 0 Å². The van der Waals surface area contributed by atoms with Crippen molar-refractivity contribution in [2.24, 2.45) is 18.5 Å². The average Bonchev–Trinajstić information content (AvgIpc) is 2.79. The van der Waals surface area contributed by atoms with Crippen molar-refractivity contribution in [2.45, 2.75) is 13.8 Å². The van der Waals surface area contributed by atoms with E-state index in [-0.39, 0.29) is 0 Å². The van der Waals surface area contributed by atoms with E-state index in [1.165, 1.54) is 0 Å². The SMILES string of the molecule is CN/C(N)=C(C)/C=C(\N)c1ccc2nn(C)cc2c1C. The highest BCUT2D eigenvalue weighted by molar-refractivity contribution is 5.87. The number of hydrogen-bond donors (Lipinski definition) is 3. The molecule has 0 radical (unpaired) electrons. The van der Waals surface area contributed by atoms with E-state index < -0.39 is 0 Å². The van der Waals surface area contributed by atoms with Crippen molar-refractivity contribution in [3.05, 3.63) is 46.9 Å². The number of nitrogens with zero attached hydrogens (tertiary/aromatic N) is 2. The van der Waals surface area contributed by atoms with Crippen LogP contribution in [-0.2, 0) is 7.05 Å². The first-order valence-corrected chi connectivity index (χ1v) is 6.48. The number of hydrogen-bond acceptors (Lipinski definition) is 4. The molecule has 5 nitrogen and oxygen atoms in total. The fourth-order valence-corrected chi connectivity index (χ4v) is 2.25. The maximum Gasteiger partial charge on any atom is 0.0988 e. The Morgan fingerprint density at radius 1 is 1.35 bits per heavy atom. The van der Waals surface area contributed by atoms with Gasteiger partial charge in [0.05, 0.1) is 11.3 Å². The highest BCUT2D eigenvalue weighted by Gasteiger charge is 2.08. The lowest BCUT2D eigenvalue weighted by Crippen LogP contribution is -2.16. The predicted octanol–water partition coefficient (Wildman–Crippen LogP) is 1.59. The highest BCUT2D eigenvalue weighted by atomic mass is 15.2. The van der Waals surface area contributed by atoms with Crippen LogP contribution in [0, 0.1) is 6.92 Å². The van der Waals surface area contributed by atoms with Gasteiger partial charge in [-0.1, -0.05) is 6.07 Å². The van der Waals surface area contributed by atoms with Gasteiger partial charge in [-0.25, -0.2) is 0 Å². The molecule has 0 fully saturated rings. The van der Waals surface area contributed by atoms with Crippen LogP contribution in [0.25, 0.3) is 16.6 Å². The number of nitrogens with one attached hydrogen (secondary N) is 1. The zero-order chi connectivity index (χ0) is 14.9. The predicted molar refractivity (Wildman–Crippen MR) is 83.6 cm³/mol. The summed E-state index contributed by atoms with van der Waals surface area (Å²) in [6.45, 7) is 3.98. The Hall–Kier alpha value is -2.43. The number of benzene rings is 1. The molecule has 1 aromatic heterocycles. The fraction of sp³-hybridized carbons (Fsp3) is 0.267. The van der Waals surface area contributed by atoms with Gasteiger partial charge in [0.2, 0.25) is 0 Å². The summed E-state index contributed by atoms with van der Waals surface area (Å²) in [4.78, 5) is 0. The van der Waals surface area contributed by atoms with Gasteiger partial charge >= 0.3 is 0 Å². The summed E-state index contributed by atoms with van der Waals surface area (Å²) in [6, 6.07) is 3.98. The Bertz CT molecular complexity index is 706. The number of aromatic nitrogens is 2. The molecule has 1 heterocycles. The first-order chi connectivity index (χ1) is 9.43. The van der Waals surface area contributed by atoms with Gasteiger partial charge in [0.15, 0.2) is 0 Å². The molecule has 0 aliphatic heterocycles. The first kappa shape index (κ1) is 14.0. The maximum atomic E-state index is 6.20. The topological polar surface area (TPSA) is 81.9 Å². The molecule has 0 saturated heterocycles. The molecular formula is C15H21N5. The van der Waals surface area contributed by atoms with Gasteiger partial charge in [0.1, 0.15) is 0 Å². The van der Waals surface area contributed by atoms with Crippen LogP contribution in [-0.4, -0.2) is 16.8 Å². The molecule has 0 spiro atoms. The van der Waals surface area contributed by atoms with Gasteiger partial charge in [-0.05, 0) is 37.1 Å². The Morgan fingerprint density at radius 2 is 2.05 bits per heavy atom. The molecule has 106 valence electrons. The van der Waals surface area contributed by atoms with Crippen molar-refractivity contribution >= 4 is 16.6 Å². The second-order valence-corrected chi connectivity index (χ2v) is 4.92. The molecule has 0 unspecified atom stereocenters. The molecule has 5 heteroatoms. The normalized spacial score (nSPS) is 13.5. The van der Waals surface area contributed by atoms with Gasteiger partial charge in [0, 0.05) is 36.9 Å². The molecule has 0 amide bonds. The Labute approximate surface area is 118 Å². The van der Waals surface area contributed by atoms with E-state index >= 15 is 0 Å². The van der Waals surface area contributed by atoms with Crippen LogP contribution in [0.4, 0.5) is 0 Å². The van der Waals surface area contributed by atoms with Gasteiger partial charge in [-0.2, -0.15) is 5.10 Å². The Kier molecular flexibility index (Phi) is 3.70. The molecule has 2 aromatic rings. The van der Waals surface area contributed by atoms with Crippen molar-refractivity contribution in [2.75, 3.05) is 7.05 Å². The monoisotopic (exact) mass is 271 g/mol. The summed E-state index contributed by atoms with van der Waals surface area (Å²) in [7, 11) is 3.70. The summed E-state index contributed by atoms with van der Waals surface area (Å²) in [6.07, 6.45) is 3.89. The minimum Gasteiger partial charge on any atom is -0.398 e. The maximum absolute atomic E-state index is 6.20. The third-order valence-corrected chi connectivity index (χ3v) is 3.45. The van der Waals surface area contributed by atoms with Crippen LogP contribution in [0.2, 0.25) is 0 Å². The summed E-state index contributed by atoms with van der Waals surface area (Å²) in [5.74, 6) is 0.619. The molecule has 2 rings (SSSR count). The molecule has 0 aliphatic rings.